The van der Waals surface area contributed by atoms with Gasteiger partial charge < -0.3 is 14.6 Å². The van der Waals surface area contributed by atoms with Crippen molar-refractivity contribution in [2.24, 2.45) is 0 Å². The topological polar surface area (TPSA) is 49.4 Å². The molecule has 0 amide bonds. The summed E-state index contributed by atoms with van der Waals surface area (Å²) in [7, 11) is 0. The Labute approximate surface area is 145 Å². The van der Waals surface area contributed by atoms with E-state index in [0.29, 0.717) is 6.42 Å². The molecule has 0 aromatic heterocycles. The standard InChI is InChI=1S/C21H19FO3/c1-3-21(2,17-10-6-8-14-7-4-5-9-16(14)17)25-19-13-15(20(23)24)11-12-18(19)22/h4-13H,3H2,1-2H3,(H,23,24)/p-1. The highest BCUT2D eigenvalue weighted by Crippen LogP contribution is 2.36. The molecule has 0 aliphatic heterocycles. The molecule has 4 heteroatoms. The van der Waals surface area contributed by atoms with E-state index < -0.39 is 17.4 Å². The van der Waals surface area contributed by atoms with Crippen molar-refractivity contribution in [2.45, 2.75) is 25.9 Å². The Balaban J connectivity index is 2.10. The number of carboxylic acid groups (broad SMARTS) is 1. The highest BCUT2D eigenvalue weighted by Gasteiger charge is 2.29. The van der Waals surface area contributed by atoms with Crippen molar-refractivity contribution in [3.8, 4) is 5.75 Å². The van der Waals surface area contributed by atoms with Crippen molar-refractivity contribution < 1.29 is 19.0 Å². The van der Waals surface area contributed by atoms with Gasteiger partial charge in [-0.3, -0.25) is 0 Å². The van der Waals surface area contributed by atoms with Crippen LogP contribution in [0.1, 0.15) is 36.2 Å². The lowest BCUT2D eigenvalue weighted by Gasteiger charge is -2.31. The van der Waals surface area contributed by atoms with E-state index in [4.69, 9.17) is 4.74 Å². The van der Waals surface area contributed by atoms with E-state index in [1.165, 1.54) is 12.1 Å². The molecule has 3 nitrogen and oxygen atoms in total. The van der Waals surface area contributed by atoms with Gasteiger partial charge in [-0.05, 0) is 42.3 Å². The van der Waals surface area contributed by atoms with Crippen LogP contribution in [0.25, 0.3) is 10.8 Å². The zero-order chi connectivity index (χ0) is 18.0. The normalized spacial score (nSPS) is 13.4. The molecule has 0 heterocycles. The summed E-state index contributed by atoms with van der Waals surface area (Å²) in [6.45, 7) is 3.82. The summed E-state index contributed by atoms with van der Waals surface area (Å²) in [5.74, 6) is -2.07. The predicted octanol–water partition coefficient (Wildman–Crippen LogP) is 4.05. The minimum atomic E-state index is -1.37. The van der Waals surface area contributed by atoms with Gasteiger partial charge in [-0.15, -0.1) is 0 Å². The smallest absolute Gasteiger partial charge is 0.165 e. The number of carboxylic acids is 1. The van der Waals surface area contributed by atoms with Crippen LogP contribution in [0.3, 0.4) is 0 Å². The Morgan fingerprint density at radius 2 is 1.84 bits per heavy atom. The highest BCUT2D eigenvalue weighted by atomic mass is 19.1. The molecule has 25 heavy (non-hydrogen) atoms. The second-order valence-corrected chi connectivity index (χ2v) is 6.15. The molecule has 1 unspecified atom stereocenters. The average molecular weight is 337 g/mol. The van der Waals surface area contributed by atoms with Crippen LogP contribution in [0.5, 0.6) is 5.75 Å². The van der Waals surface area contributed by atoms with Gasteiger partial charge in [0.05, 0.1) is 5.97 Å². The summed E-state index contributed by atoms with van der Waals surface area (Å²) in [5, 5.41) is 13.1. The summed E-state index contributed by atoms with van der Waals surface area (Å²) in [6, 6.07) is 17.2. The van der Waals surface area contributed by atoms with Gasteiger partial charge in [-0.1, -0.05) is 49.4 Å². The maximum Gasteiger partial charge on any atom is 0.165 e. The fourth-order valence-electron chi connectivity index (χ4n) is 2.96. The van der Waals surface area contributed by atoms with Crippen molar-refractivity contribution in [1.82, 2.24) is 0 Å². The monoisotopic (exact) mass is 337 g/mol. The molecule has 0 saturated heterocycles. The largest absolute Gasteiger partial charge is 0.545 e. The summed E-state index contributed by atoms with van der Waals surface area (Å²) < 4.78 is 20.2. The first-order valence-electron chi connectivity index (χ1n) is 8.13. The second kappa shape index (κ2) is 6.55. The molecule has 128 valence electrons. The zero-order valence-corrected chi connectivity index (χ0v) is 14.1. The summed E-state index contributed by atoms with van der Waals surface area (Å²) in [5.41, 5.74) is -0.00849. The lowest BCUT2D eigenvalue weighted by Crippen LogP contribution is -2.29. The molecular formula is C21H18FO3-. The molecule has 1 atom stereocenters. The number of aromatic carboxylic acids is 1. The maximum atomic E-state index is 14.2. The first-order valence-corrected chi connectivity index (χ1v) is 8.13. The quantitative estimate of drug-likeness (QED) is 0.706. The van der Waals surface area contributed by atoms with E-state index >= 15 is 0 Å². The predicted molar refractivity (Wildman–Crippen MR) is 92.9 cm³/mol. The van der Waals surface area contributed by atoms with Gasteiger partial charge in [-0.2, -0.15) is 0 Å². The molecule has 0 aliphatic carbocycles. The van der Waals surface area contributed by atoms with Crippen molar-refractivity contribution >= 4 is 16.7 Å². The number of rotatable bonds is 5. The van der Waals surface area contributed by atoms with E-state index in [-0.39, 0.29) is 11.3 Å². The molecule has 3 rings (SSSR count). The Morgan fingerprint density at radius 3 is 2.56 bits per heavy atom. The van der Waals surface area contributed by atoms with Gasteiger partial charge in [0.15, 0.2) is 11.6 Å². The SMILES string of the molecule is CCC(C)(Oc1cc(C(=O)[O-])ccc1F)c1cccc2ccccc12. The van der Waals surface area contributed by atoms with Crippen LogP contribution in [-0.2, 0) is 5.60 Å². The molecule has 0 N–H and O–H groups in total. The Bertz CT molecular complexity index is 930. The minimum Gasteiger partial charge on any atom is -0.545 e. The molecule has 3 aromatic carbocycles. The number of halogens is 1. The lowest BCUT2D eigenvalue weighted by atomic mass is 9.88. The highest BCUT2D eigenvalue weighted by molar-refractivity contribution is 5.87. The minimum absolute atomic E-state index is 0.0982. The van der Waals surface area contributed by atoms with E-state index in [2.05, 4.69) is 0 Å². The Kier molecular flexibility index (Phi) is 4.45. The van der Waals surface area contributed by atoms with Crippen molar-refractivity contribution in [3.63, 3.8) is 0 Å². The molecule has 0 bridgehead atoms. The third kappa shape index (κ3) is 3.20. The van der Waals surface area contributed by atoms with E-state index in [1.807, 2.05) is 56.3 Å². The van der Waals surface area contributed by atoms with Crippen molar-refractivity contribution in [2.75, 3.05) is 0 Å². The number of benzene rings is 3. The third-order valence-electron chi connectivity index (χ3n) is 4.54. The third-order valence-corrected chi connectivity index (χ3v) is 4.54. The van der Waals surface area contributed by atoms with Crippen molar-refractivity contribution in [1.29, 1.82) is 0 Å². The number of ether oxygens (including phenoxy) is 1. The first-order chi connectivity index (χ1) is 11.9. The molecule has 0 aliphatic rings. The summed E-state index contributed by atoms with van der Waals surface area (Å²) >= 11 is 0. The number of carbonyl (C=O) groups excluding carboxylic acids is 1. The number of hydrogen-bond donors (Lipinski definition) is 0. The van der Waals surface area contributed by atoms with Crippen LogP contribution < -0.4 is 9.84 Å². The van der Waals surface area contributed by atoms with Gasteiger partial charge in [0, 0.05) is 11.1 Å². The summed E-state index contributed by atoms with van der Waals surface area (Å²) in [4.78, 5) is 11.1. The Morgan fingerprint density at radius 1 is 1.12 bits per heavy atom. The van der Waals surface area contributed by atoms with Gasteiger partial charge in [0.2, 0.25) is 0 Å². The zero-order valence-electron chi connectivity index (χ0n) is 14.1. The van der Waals surface area contributed by atoms with Crippen LogP contribution in [0.4, 0.5) is 4.39 Å². The maximum absolute atomic E-state index is 14.2. The lowest BCUT2D eigenvalue weighted by molar-refractivity contribution is -0.255. The fourth-order valence-corrected chi connectivity index (χ4v) is 2.96. The van der Waals surface area contributed by atoms with E-state index in [1.54, 1.807) is 0 Å². The van der Waals surface area contributed by atoms with Crippen LogP contribution in [-0.4, -0.2) is 5.97 Å². The fraction of sp³-hybridized carbons (Fsp3) is 0.190. The molecular weight excluding hydrogens is 319 g/mol. The molecule has 0 saturated carbocycles. The molecule has 0 radical (unpaired) electrons. The number of hydrogen-bond acceptors (Lipinski definition) is 3. The second-order valence-electron chi connectivity index (χ2n) is 6.15. The average Bonchev–Trinajstić information content (AvgIpc) is 2.62. The van der Waals surface area contributed by atoms with E-state index in [0.717, 1.165) is 22.4 Å². The van der Waals surface area contributed by atoms with Gasteiger partial charge >= 0.3 is 0 Å². The van der Waals surface area contributed by atoms with Gasteiger partial charge in [-0.25, -0.2) is 4.39 Å². The van der Waals surface area contributed by atoms with Crippen LogP contribution >= 0.6 is 0 Å². The van der Waals surface area contributed by atoms with Gasteiger partial charge in [0.25, 0.3) is 0 Å². The molecule has 0 fully saturated rings. The summed E-state index contributed by atoms with van der Waals surface area (Å²) in [6.07, 6.45) is 0.579. The number of fused-ring (bicyclic) bond motifs is 1. The number of carbonyl (C=O) groups is 1. The molecule has 0 spiro atoms. The molecule has 3 aromatic rings. The van der Waals surface area contributed by atoms with Crippen LogP contribution in [0.2, 0.25) is 0 Å². The van der Waals surface area contributed by atoms with E-state index in [9.17, 15) is 14.3 Å². The van der Waals surface area contributed by atoms with Crippen LogP contribution in [0, 0.1) is 5.82 Å². The Hall–Kier alpha value is -2.88. The first kappa shape index (κ1) is 17.0. The van der Waals surface area contributed by atoms with Crippen LogP contribution in [0.15, 0.2) is 60.7 Å². The van der Waals surface area contributed by atoms with Crippen molar-refractivity contribution in [3.05, 3.63) is 77.6 Å². The van der Waals surface area contributed by atoms with Gasteiger partial charge in [0.1, 0.15) is 5.60 Å².